The van der Waals surface area contributed by atoms with Gasteiger partial charge in [-0.1, -0.05) is 6.07 Å². The van der Waals surface area contributed by atoms with E-state index < -0.39 is 9.84 Å². The zero-order valence-corrected chi connectivity index (χ0v) is 21.5. The zero-order chi connectivity index (χ0) is 25.3. The summed E-state index contributed by atoms with van der Waals surface area (Å²) >= 11 is 0. The molecule has 0 unspecified atom stereocenters. The topological polar surface area (TPSA) is 97.3 Å². The number of H-pyrrole nitrogens is 1. The van der Waals surface area contributed by atoms with Gasteiger partial charge in [0.2, 0.25) is 0 Å². The van der Waals surface area contributed by atoms with Crippen LogP contribution in [-0.4, -0.2) is 68.1 Å². The third kappa shape index (κ3) is 5.48. The van der Waals surface area contributed by atoms with Gasteiger partial charge in [-0.2, -0.15) is 5.26 Å². The number of piperazine rings is 1. The number of benzene rings is 2. The van der Waals surface area contributed by atoms with Gasteiger partial charge in [0.25, 0.3) is 5.91 Å². The van der Waals surface area contributed by atoms with Crippen LogP contribution in [-0.2, 0) is 22.7 Å². The van der Waals surface area contributed by atoms with Crippen LogP contribution in [0.3, 0.4) is 0 Å². The number of aryl methyl sites for hydroxylation is 1. The molecule has 5 rings (SSSR count). The van der Waals surface area contributed by atoms with E-state index in [1.54, 1.807) is 12.1 Å². The van der Waals surface area contributed by atoms with Crippen molar-refractivity contribution in [1.82, 2.24) is 14.8 Å². The Hall–Kier alpha value is -3.15. The number of amides is 1. The van der Waals surface area contributed by atoms with Gasteiger partial charge in [0.1, 0.15) is 0 Å². The van der Waals surface area contributed by atoms with E-state index in [4.69, 9.17) is 0 Å². The molecule has 2 aromatic carbocycles. The lowest BCUT2D eigenvalue weighted by atomic mass is 10.0. The van der Waals surface area contributed by atoms with E-state index in [1.165, 1.54) is 24.7 Å². The van der Waals surface area contributed by atoms with Crippen molar-refractivity contribution < 1.29 is 13.2 Å². The molecule has 8 heteroatoms. The van der Waals surface area contributed by atoms with E-state index in [9.17, 15) is 18.5 Å². The van der Waals surface area contributed by atoms with Gasteiger partial charge in [0.05, 0.1) is 16.5 Å². The van der Waals surface area contributed by atoms with Crippen LogP contribution in [0.25, 0.3) is 10.9 Å². The Kier molecular flexibility index (Phi) is 6.87. The number of aromatic nitrogens is 1. The van der Waals surface area contributed by atoms with Gasteiger partial charge in [0.15, 0.2) is 9.84 Å². The molecule has 1 N–H and O–H groups in total. The molecular formula is C28H32N4O3S. The van der Waals surface area contributed by atoms with E-state index in [-0.39, 0.29) is 10.8 Å². The maximum absolute atomic E-state index is 13.4. The number of aromatic amines is 1. The minimum atomic E-state index is -3.37. The average molecular weight is 505 g/mol. The molecule has 1 saturated carbocycles. The zero-order valence-electron chi connectivity index (χ0n) is 20.7. The average Bonchev–Trinajstić information content (AvgIpc) is 3.61. The number of nitrogens with zero attached hydrogens (tertiary/aromatic N) is 3. The van der Waals surface area contributed by atoms with Crippen LogP contribution in [0, 0.1) is 17.2 Å². The van der Waals surface area contributed by atoms with Crippen molar-refractivity contribution in [3.05, 3.63) is 64.8 Å². The Morgan fingerprint density at radius 2 is 1.86 bits per heavy atom. The maximum Gasteiger partial charge on any atom is 0.254 e. The SMILES string of the molecule is CS(=O)(=O)c1ccc(CC2CC2)c(C(=O)N2CCN(CCCc3c[nH]c4ccc(C#N)cc34)CC2)c1. The van der Waals surface area contributed by atoms with Gasteiger partial charge in [-0.25, -0.2) is 8.42 Å². The second-order valence-corrected chi connectivity index (χ2v) is 12.2. The maximum atomic E-state index is 13.4. The smallest absolute Gasteiger partial charge is 0.254 e. The fraction of sp³-hybridized carbons (Fsp3) is 0.429. The van der Waals surface area contributed by atoms with E-state index >= 15 is 0 Å². The number of nitriles is 1. The van der Waals surface area contributed by atoms with Crippen LogP contribution < -0.4 is 0 Å². The van der Waals surface area contributed by atoms with Gasteiger partial charge in [-0.3, -0.25) is 9.69 Å². The molecule has 2 fully saturated rings. The molecule has 3 aromatic rings. The third-order valence-electron chi connectivity index (χ3n) is 7.42. The van der Waals surface area contributed by atoms with Gasteiger partial charge in [-0.15, -0.1) is 0 Å². The first-order valence-electron chi connectivity index (χ1n) is 12.7. The lowest BCUT2D eigenvalue weighted by molar-refractivity contribution is 0.0634. The second kappa shape index (κ2) is 10.1. The molecule has 2 heterocycles. The molecule has 0 radical (unpaired) electrons. The predicted molar refractivity (Wildman–Crippen MR) is 140 cm³/mol. The molecule has 0 bridgehead atoms. The number of fused-ring (bicyclic) bond motifs is 1. The van der Waals surface area contributed by atoms with Crippen molar-refractivity contribution in [2.75, 3.05) is 39.0 Å². The molecule has 188 valence electrons. The summed E-state index contributed by atoms with van der Waals surface area (Å²) in [6.07, 6.45) is 8.35. The van der Waals surface area contributed by atoms with Crippen LogP contribution >= 0.6 is 0 Å². The van der Waals surface area contributed by atoms with Gasteiger partial charge >= 0.3 is 0 Å². The standard InChI is InChI=1S/C28H32N4O3S/c1-36(34,35)24-8-7-22(15-20-4-5-20)26(17-24)28(33)32-13-11-31(12-14-32)10-2-3-23-19-30-27-9-6-21(18-29)16-25(23)27/h6-9,16-17,19-20,30H,2-5,10-15H2,1H3. The number of hydrogen-bond acceptors (Lipinski definition) is 5. The highest BCUT2D eigenvalue weighted by Crippen LogP contribution is 2.34. The predicted octanol–water partition coefficient (Wildman–Crippen LogP) is 3.79. The summed E-state index contributed by atoms with van der Waals surface area (Å²) in [6.45, 7) is 3.85. The van der Waals surface area contributed by atoms with E-state index in [0.29, 0.717) is 30.1 Å². The summed E-state index contributed by atoms with van der Waals surface area (Å²) in [5.74, 6) is 0.559. The monoisotopic (exact) mass is 504 g/mol. The summed E-state index contributed by atoms with van der Waals surface area (Å²) in [4.78, 5) is 21.2. The van der Waals surface area contributed by atoms with Crippen molar-refractivity contribution in [1.29, 1.82) is 5.26 Å². The molecule has 1 aromatic heterocycles. The molecule has 1 aliphatic carbocycles. The first-order chi connectivity index (χ1) is 17.3. The molecular weight excluding hydrogens is 472 g/mol. The van der Waals surface area contributed by atoms with Crippen LogP contribution in [0.2, 0.25) is 0 Å². The third-order valence-corrected chi connectivity index (χ3v) is 8.53. The van der Waals surface area contributed by atoms with Gasteiger partial charge in [-0.05, 0) is 86.0 Å². The number of rotatable bonds is 8. The van der Waals surface area contributed by atoms with Crippen molar-refractivity contribution in [3.63, 3.8) is 0 Å². The molecule has 0 spiro atoms. The number of sulfone groups is 1. The largest absolute Gasteiger partial charge is 0.361 e. The lowest BCUT2D eigenvalue weighted by Crippen LogP contribution is -2.49. The Bertz CT molecular complexity index is 1420. The molecule has 1 saturated heterocycles. The Morgan fingerprint density at radius 1 is 1.08 bits per heavy atom. The Balaban J connectivity index is 1.18. The van der Waals surface area contributed by atoms with Crippen LogP contribution in [0.1, 0.15) is 46.3 Å². The lowest BCUT2D eigenvalue weighted by Gasteiger charge is -2.35. The van der Waals surface area contributed by atoms with E-state index in [1.807, 2.05) is 35.4 Å². The molecule has 1 amide bonds. The summed E-state index contributed by atoms with van der Waals surface area (Å²) in [6, 6.07) is 13.0. The van der Waals surface area contributed by atoms with Crippen molar-refractivity contribution in [2.45, 2.75) is 37.0 Å². The quantitative estimate of drug-likeness (QED) is 0.503. The molecule has 7 nitrogen and oxygen atoms in total. The molecule has 1 aliphatic heterocycles. The minimum Gasteiger partial charge on any atom is -0.361 e. The highest BCUT2D eigenvalue weighted by Gasteiger charge is 2.28. The van der Waals surface area contributed by atoms with Gasteiger partial charge < -0.3 is 9.88 Å². The Morgan fingerprint density at radius 3 is 2.56 bits per heavy atom. The van der Waals surface area contributed by atoms with E-state index in [2.05, 4.69) is 16.0 Å². The highest BCUT2D eigenvalue weighted by molar-refractivity contribution is 7.90. The second-order valence-electron chi connectivity index (χ2n) is 10.2. The summed E-state index contributed by atoms with van der Waals surface area (Å²) < 4.78 is 24.2. The Labute approximate surface area is 212 Å². The van der Waals surface area contributed by atoms with Gasteiger partial charge in [0, 0.05) is 55.1 Å². The van der Waals surface area contributed by atoms with Crippen molar-refractivity contribution in [3.8, 4) is 6.07 Å². The molecule has 2 aliphatic rings. The van der Waals surface area contributed by atoms with Crippen LogP contribution in [0.5, 0.6) is 0 Å². The van der Waals surface area contributed by atoms with Crippen molar-refractivity contribution >= 4 is 26.6 Å². The fourth-order valence-corrected chi connectivity index (χ4v) is 5.74. The number of carbonyl (C=O) groups is 1. The number of hydrogen-bond donors (Lipinski definition) is 1. The number of carbonyl (C=O) groups excluding carboxylic acids is 1. The fourth-order valence-electron chi connectivity index (χ4n) is 5.09. The van der Waals surface area contributed by atoms with E-state index in [0.717, 1.165) is 55.4 Å². The first-order valence-corrected chi connectivity index (χ1v) is 14.6. The normalized spacial score (nSPS) is 16.8. The summed E-state index contributed by atoms with van der Waals surface area (Å²) in [5.41, 5.74) is 4.47. The molecule has 36 heavy (non-hydrogen) atoms. The van der Waals surface area contributed by atoms with Crippen molar-refractivity contribution in [2.24, 2.45) is 5.92 Å². The minimum absolute atomic E-state index is 0.0529. The highest BCUT2D eigenvalue weighted by atomic mass is 32.2. The first kappa shape index (κ1) is 24.5. The van der Waals surface area contributed by atoms with Crippen LogP contribution in [0.15, 0.2) is 47.5 Å². The number of nitrogens with one attached hydrogen (secondary N) is 1. The van der Waals surface area contributed by atoms with Crippen LogP contribution in [0.4, 0.5) is 0 Å². The molecule has 0 atom stereocenters. The summed E-state index contributed by atoms with van der Waals surface area (Å²) in [7, 11) is -3.37. The summed E-state index contributed by atoms with van der Waals surface area (Å²) in [5, 5.41) is 10.3.